The molecule has 0 fully saturated rings. The molecule has 16 heavy (non-hydrogen) atoms. The highest BCUT2D eigenvalue weighted by atomic mass is 16.7. The number of carbonyl (C=O) groups is 2. The molecule has 0 spiro atoms. The lowest BCUT2D eigenvalue weighted by molar-refractivity contribution is -0.140. The lowest BCUT2D eigenvalue weighted by Crippen LogP contribution is -2.23. The quantitative estimate of drug-likeness (QED) is 0.456. The molecule has 1 aromatic rings. The average Bonchev–Trinajstić information content (AvgIpc) is 2.35. The number of nitrogens with one attached hydrogen (secondary N) is 1. The van der Waals surface area contributed by atoms with Crippen LogP contribution in [0.4, 0.5) is 0 Å². The van der Waals surface area contributed by atoms with Crippen molar-refractivity contribution in [2.75, 3.05) is 13.7 Å². The molecule has 0 aromatic heterocycles. The Morgan fingerprint density at radius 2 is 1.94 bits per heavy atom. The summed E-state index contributed by atoms with van der Waals surface area (Å²) in [5.74, 6) is -0.839. The predicted octanol–water partition coefficient (Wildman–Crippen LogP) is 0.911. The first-order chi connectivity index (χ1) is 7.74. The number of rotatable bonds is 5. The van der Waals surface area contributed by atoms with Gasteiger partial charge in [0.1, 0.15) is 0 Å². The third-order valence-electron chi connectivity index (χ3n) is 1.83. The highest BCUT2D eigenvalue weighted by Crippen LogP contribution is 1.99. The Morgan fingerprint density at radius 3 is 2.56 bits per heavy atom. The third kappa shape index (κ3) is 4.10. The number of carbonyl (C=O) groups excluding carboxylic acids is 2. The van der Waals surface area contributed by atoms with Gasteiger partial charge in [0.05, 0.1) is 19.1 Å². The maximum Gasteiger partial charge on any atom is 0.356 e. The van der Waals surface area contributed by atoms with Crippen molar-refractivity contribution >= 4 is 11.9 Å². The molecule has 0 aliphatic heterocycles. The van der Waals surface area contributed by atoms with Gasteiger partial charge in [-0.2, -0.15) is 5.48 Å². The van der Waals surface area contributed by atoms with Gasteiger partial charge in [0.25, 0.3) is 0 Å². The number of hydrogen-bond donors (Lipinski definition) is 1. The molecule has 0 amide bonds. The fourth-order valence-corrected chi connectivity index (χ4v) is 1.00. The SMILES string of the molecule is COC(=O)CCNOC(=O)c1ccccc1. The Bertz CT molecular complexity index is 350. The molecule has 5 nitrogen and oxygen atoms in total. The Kier molecular flexibility index (Phi) is 5.01. The van der Waals surface area contributed by atoms with Gasteiger partial charge in [-0.3, -0.25) is 4.79 Å². The fourth-order valence-electron chi connectivity index (χ4n) is 1.00. The molecule has 86 valence electrons. The molecule has 0 atom stereocenters. The van der Waals surface area contributed by atoms with Crippen molar-refractivity contribution in [1.82, 2.24) is 5.48 Å². The summed E-state index contributed by atoms with van der Waals surface area (Å²) in [6.45, 7) is 0.227. The van der Waals surface area contributed by atoms with E-state index in [1.54, 1.807) is 24.3 Å². The van der Waals surface area contributed by atoms with Crippen LogP contribution in [0.5, 0.6) is 0 Å². The van der Waals surface area contributed by atoms with Crippen LogP contribution < -0.4 is 5.48 Å². The lowest BCUT2D eigenvalue weighted by atomic mass is 10.2. The van der Waals surface area contributed by atoms with E-state index in [0.29, 0.717) is 5.56 Å². The first-order valence-corrected chi connectivity index (χ1v) is 4.80. The molecule has 0 saturated carbocycles. The Morgan fingerprint density at radius 1 is 1.25 bits per heavy atom. The molecule has 0 heterocycles. The van der Waals surface area contributed by atoms with E-state index in [9.17, 15) is 9.59 Å². The van der Waals surface area contributed by atoms with Crippen LogP contribution in [0.15, 0.2) is 30.3 Å². The number of esters is 1. The average molecular weight is 223 g/mol. The van der Waals surface area contributed by atoms with Gasteiger partial charge in [-0.15, -0.1) is 0 Å². The molecule has 0 unspecified atom stereocenters. The van der Waals surface area contributed by atoms with Crippen LogP contribution in [-0.4, -0.2) is 25.6 Å². The first-order valence-electron chi connectivity index (χ1n) is 4.80. The zero-order valence-corrected chi connectivity index (χ0v) is 8.93. The summed E-state index contributed by atoms with van der Waals surface area (Å²) in [5, 5.41) is 0. The molecular formula is C11H13NO4. The van der Waals surface area contributed by atoms with Crippen molar-refractivity contribution < 1.29 is 19.2 Å². The van der Waals surface area contributed by atoms with Crippen LogP contribution in [0, 0.1) is 0 Å². The summed E-state index contributed by atoms with van der Waals surface area (Å²) in [7, 11) is 1.30. The largest absolute Gasteiger partial charge is 0.469 e. The van der Waals surface area contributed by atoms with E-state index in [0.717, 1.165) is 0 Å². The minimum Gasteiger partial charge on any atom is -0.469 e. The van der Waals surface area contributed by atoms with E-state index in [1.165, 1.54) is 7.11 Å². The van der Waals surface area contributed by atoms with Gasteiger partial charge in [0.2, 0.25) is 0 Å². The minimum absolute atomic E-state index is 0.151. The van der Waals surface area contributed by atoms with Crippen molar-refractivity contribution in [2.24, 2.45) is 0 Å². The molecule has 1 rings (SSSR count). The maximum absolute atomic E-state index is 11.4. The van der Waals surface area contributed by atoms with E-state index < -0.39 is 5.97 Å². The van der Waals surface area contributed by atoms with Crippen LogP contribution in [-0.2, 0) is 14.4 Å². The van der Waals surface area contributed by atoms with Gasteiger partial charge in [-0.25, -0.2) is 4.79 Å². The van der Waals surface area contributed by atoms with Crippen LogP contribution in [0.1, 0.15) is 16.8 Å². The molecule has 1 N–H and O–H groups in total. The molecular weight excluding hydrogens is 210 g/mol. The van der Waals surface area contributed by atoms with Crippen molar-refractivity contribution in [1.29, 1.82) is 0 Å². The standard InChI is InChI=1S/C11H13NO4/c1-15-10(13)7-8-12-16-11(14)9-5-3-2-4-6-9/h2-6,12H,7-8H2,1H3. The van der Waals surface area contributed by atoms with E-state index in [-0.39, 0.29) is 18.9 Å². The maximum atomic E-state index is 11.4. The number of ether oxygens (including phenoxy) is 1. The second-order valence-electron chi connectivity index (χ2n) is 2.98. The Hall–Kier alpha value is -1.88. The molecule has 0 saturated heterocycles. The molecule has 0 aliphatic rings. The van der Waals surface area contributed by atoms with Crippen LogP contribution in [0.25, 0.3) is 0 Å². The Balaban J connectivity index is 2.24. The number of hydrogen-bond acceptors (Lipinski definition) is 5. The molecule has 1 aromatic carbocycles. The summed E-state index contributed by atoms with van der Waals surface area (Å²) in [5.41, 5.74) is 2.85. The van der Waals surface area contributed by atoms with Gasteiger partial charge in [-0.05, 0) is 12.1 Å². The zero-order chi connectivity index (χ0) is 11.8. The summed E-state index contributed by atoms with van der Waals surface area (Å²) in [6.07, 6.45) is 0.151. The topological polar surface area (TPSA) is 64.6 Å². The van der Waals surface area contributed by atoms with Crippen LogP contribution in [0.2, 0.25) is 0 Å². The van der Waals surface area contributed by atoms with Crippen LogP contribution >= 0.6 is 0 Å². The number of benzene rings is 1. The van der Waals surface area contributed by atoms with Crippen molar-refractivity contribution in [3.05, 3.63) is 35.9 Å². The number of hydroxylamine groups is 1. The normalized spacial score (nSPS) is 9.56. The highest BCUT2D eigenvalue weighted by Gasteiger charge is 2.06. The summed E-state index contributed by atoms with van der Waals surface area (Å²) in [6, 6.07) is 8.58. The van der Waals surface area contributed by atoms with Gasteiger partial charge >= 0.3 is 11.9 Å². The molecule has 5 heteroatoms. The van der Waals surface area contributed by atoms with Crippen molar-refractivity contribution in [3.8, 4) is 0 Å². The summed E-state index contributed by atoms with van der Waals surface area (Å²) < 4.78 is 4.42. The highest BCUT2D eigenvalue weighted by molar-refractivity contribution is 5.89. The number of methoxy groups -OCH3 is 1. The fraction of sp³-hybridized carbons (Fsp3) is 0.273. The monoisotopic (exact) mass is 223 g/mol. The van der Waals surface area contributed by atoms with Gasteiger partial charge < -0.3 is 9.57 Å². The lowest BCUT2D eigenvalue weighted by Gasteiger charge is -2.04. The van der Waals surface area contributed by atoms with Gasteiger partial charge in [0, 0.05) is 6.54 Å². The van der Waals surface area contributed by atoms with Crippen LogP contribution in [0.3, 0.4) is 0 Å². The van der Waals surface area contributed by atoms with Crippen molar-refractivity contribution in [3.63, 3.8) is 0 Å². The third-order valence-corrected chi connectivity index (χ3v) is 1.83. The van der Waals surface area contributed by atoms with Gasteiger partial charge in [0.15, 0.2) is 0 Å². The van der Waals surface area contributed by atoms with E-state index in [2.05, 4.69) is 10.2 Å². The van der Waals surface area contributed by atoms with Gasteiger partial charge in [-0.1, -0.05) is 18.2 Å². The predicted molar refractivity (Wildman–Crippen MR) is 56.5 cm³/mol. The Labute approximate surface area is 93.3 Å². The minimum atomic E-state index is -0.481. The van der Waals surface area contributed by atoms with E-state index in [4.69, 9.17) is 4.84 Å². The smallest absolute Gasteiger partial charge is 0.356 e. The first kappa shape index (κ1) is 12.2. The van der Waals surface area contributed by atoms with E-state index in [1.807, 2.05) is 6.07 Å². The molecule has 0 radical (unpaired) electrons. The van der Waals surface area contributed by atoms with Crippen molar-refractivity contribution in [2.45, 2.75) is 6.42 Å². The zero-order valence-electron chi connectivity index (χ0n) is 8.93. The summed E-state index contributed by atoms with van der Waals surface area (Å²) >= 11 is 0. The molecule has 0 aliphatic carbocycles. The second kappa shape index (κ2) is 6.58. The molecule has 0 bridgehead atoms. The summed E-state index contributed by atoms with van der Waals surface area (Å²) in [4.78, 5) is 26.8. The van der Waals surface area contributed by atoms with E-state index >= 15 is 0 Å². The second-order valence-corrected chi connectivity index (χ2v) is 2.98.